The van der Waals surface area contributed by atoms with Gasteiger partial charge in [0.2, 0.25) is 0 Å². The molecule has 2 saturated heterocycles. The van der Waals surface area contributed by atoms with Crippen LogP contribution in [0.15, 0.2) is 18.2 Å². The number of piperidine rings is 1. The first kappa shape index (κ1) is 15.8. The fourth-order valence-electron chi connectivity index (χ4n) is 3.80. The van der Waals surface area contributed by atoms with Crippen LogP contribution in [0.1, 0.15) is 36.2 Å². The van der Waals surface area contributed by atoms with E-state index >= 15 is 0 Å². The fraction of sp³-hybridized carbons (Fsp3) is 0.556. The van der Waals surface area contributed by atoms with Crippen LogP contribution < -0.4 is 10.2 Å². The van der Waals surface area contributed by atoms with E-state index in [1.165, 1.54) is 6.42 Å². The van der Waals surface area contributed by atoms with Crippen LogP contribution in [-0.4, -0.2) is 43.0 Å². The maximum Gasteiger partial charge on any atom is 0.322 e. The number of carbonyl (C=O) groups excluding carboxylic acids is 2. The molecule has 2 atom stereocenters. The molecule has 0 unspecified atom stereocenters. The number of carbonyl (C=O) groups is 2. The molecule has 0 spiro atoms. The van der Waals surface area contributed by atoms with Crippen LogP contribution >= 0.6 is 0 Å². The molecular formula is C18H25N3O2. The Bertz CT molecular complexity index is 619. The number of anilines is 1. The molecule has 0 radical (unpaired) electrons. The minimum atomic E-state index is -0.0640. The Kier molecular flexibility index (Phi) is 4.28. The molecule has 0 aromatic heterocycles. The maximum absolute atomic E-state index is 12.8. The van der Waals surface area contributed by atoms with Crippen molar-refractivity contribution in [2.75, 3.05) is 31.1 Å². The van der Waals surface area contributed by atoms with Gasteiger partial charge in [0, 0.05) is 37.4 Å². The highest BCUT2D eigenvalue weighted by atomic mass is 16.2. The number of amides is 3. The first-order chi connectivity index (χ1) is 11.0. The Balaban J connectivity index is 1.79. The van der Waals surface area contributed by atoms with Crippen molar-refractivity contribution >= 4 is 17.6 Å². The quantitative estimate of drug-likeness (QED) is 0.912. The molecule has 1 aromatic rings. The zero-order valence-corrected chi connectivity index (χ0v) is 14.1. The number of nitrogens with one attached hydrogen (secondary N) is 1. The summed E-state index contributed by atoms with van der Waals surface area (Å²) in [6.07, 6.45) is 1.19. The average Bonchev–Trinajstić information content (AvgIpc) is 2.91. The number of aryl methyl sites for hydroxylation is 1. The SMILES string of the molecule is Cc1cc(C(=O)N2C[C@H](C)C[C@@H](C)C2)ccc1N1CCNC1=O. The Morgan fingerprint density at radius 2 is 1.91 bits per heavy atom. The first-order valence-electron chi connectivity index (χ1n) is 8.41. The second-order valence-corrected chi connectivity index (χ2v) is 7.04. The Labute approximate surface area is 137 Å². The van der Waals surface area contributed by atoms with E-state index in [2.05, 4.69) is 19.2 Å². The van der Waals surface area contributed by atoms with Gasteiger partial charge in [0.25, 0.3) is 5.91 Å². The van der Waals surface area contributed by atoms with Crippen LogP contribution in [0.25, 0.3) is 0 Å². The minimum absolute atomic E-state index is 0.0640. The van der Waals surface area contributed by atoms with Crippen LogP contribution in [0, 0.1) is 18.8 Å². The number of nitrogens with zero attached hydrogens (tertiary/aromatic N) is 2. The number of rotatable bonds is 2. The molecule has 3 rings (SSSR count). The standard InChI is InChI=1S/C18H25N3O2/c1-12-8-13(2)11-20(10-12)17(22)15-4-5-16(14(3)9-15)21-7-6-19-18(21)23/h4-5,9,12-13H,6-8,10-11H2,1-3H3,(H,19,23)/t12-,13-/m1/s1. The summed E-state index contributed by atoms with van der Waals surface area (Å²) >= 11 is 0. The van der Waals surface area contributed by atoms with Gasteiger partial charge in [-0.25, -0.2) is 4.79 Å². The molecular weight excluding hydrogens is 290 g/mol. The molecule has 23 heavy (non-hydrogen) atoms. The summed E-state index contributed by atoms with van der Waals surface area (Å²) in [5.74, 6) is 1.21. The van der Waals surface area contributed by atoms with Crippen molar-refractivity contribution in [3.8, 4) is 0 Å². The van der Waals surface area contributed by atoms with E-state index < -0.39 is 0 Å². The van der Waals surface area contributed by atoms with Gasteiger partial charge in [0.15, 0.2) is 0 Å². The third-order valence-electron chi connectivity index (χ3n) is 4.75. The normalized spacial score (nSPS) is 24.7. The van der Waals surface area contributed by atoms with Crippen LogP contribution in [0.5, 0.6) is 0 Å². The van der Waals surface area contributed by atoms with Crippen LogP contribution in [0.3, 0.4) is 0 Å². The lowest BCUT2D eigenvalue weighted by molar-refractivity contribution is 0.0623. The Morgan fingerprint density at radius 1 is 1.22 bits per heavy atom. The molecule has 2 fully saturated rings. The zero-order valence-electron chi connectivity index (χ0n) is 14.1. The summed E-state index contributed by atoms with van der Waals surface area (Å²) in [6.45, 7) is 9.37. The second-order valence-electron chi connectivity index (χ2n) is 7.04. The molecule has 3 amide bonds. The Hall–Kier alpha value is -2.04. The van der Waals surface area contributed by atoms with Crippen LogP contribution in [0.2, 0.25) is 0 Å². The van der Waals surface area contributed by atoms with Crippen molar-refractivity contribution in [2.45, 2.75) is 27.2 Å². The maximum atomic E-state index is 12.8. The molecule has 124 valence electrons. The van der Waals surface area contributed by atoms with E-state index in [1.807, 2.05) is 30.0 Å². The second kappa shape index (κ2) is 6.22. The highest BCUT2D eigenvalue weighted by Crippen LogP contribution is 2.26. The minimum Gasteiger partial charge on any atom is -0.338 e. The largest absolute Gasteiger partial charge is 0.338 e. The molecule has 0 bridgehead atoms. The van der Waals surface area contributed by atoms with Gasteiger partial charge in [-0.15, -0.1) is 0 Å². The molecule has 0 saturated carbocycles. The predicted molar refractivity (Wildman–Crippen MR) is 90.8 cm³/mol. The molecule has 2 aliphatic rings. The molecule has 1 N–H and O–H groups in total. The number of urea groups is 1. The topological polar surface area (TPSA) is 52.7 Å². The van der Waals surface area contributed by atoms with Crippen molar-refractivity contribution in [2.24, 2.45) is 11.8 Å². The van der Waals surface area contributed by atoms with Crippen molar-refractivity contribution < 1.29 is 9.59 Å². The van der Waals surface area contributed by atoms with Gasteiger partial charge in [0.05, 0.1) is 0 Å². The summed E-state index contributed by atoms with van der Waals surface area (Å²) < 4.78 is 0. The lowest BCUT2D eigenvalue weighted by atomic mass is 9.91. The van der Waals surface area contributed by atoms with E-state index in [0.29, 0.717) is 30.5 Å². The van der Waals surface area contributed by atoms with E-state index in [9.17, 15) is 9.59 Å². The number of benzene rings is 1. The highest BCUT2D eigenvalue weighted by Gasteiger charge is 2.27. The van der Waals surface area contributed by atoms with Crippen LogP contribution in [0.4, 0.5) is 10.5 Å². The summed E-state index contributed by atoms with van der Waals surface area (Å²) in [6, 6.07) is 5.59. The smallest absolute Gasteiger partial charge is 0.322 e. The van der Waals surface area contributed by atoms with E-state index in [1.54, 1.807) is 4.90 Å². The van der Waals surface area contributed by atoms with Gasteiger partial charge < -0.3 is 10.2 Å². The molecule has 0 aliphatic carbocycles. The summed E-state index contributed by atoms with van der Waals surface area (Å²) in [5.41, 5.74) is 2.56. The third-order valence-corrected chi connectivity index (χ3v) is 4.75. The van der Waals surface area contributed by atoms with Crippen LogP contribution in [-0.2, 0) is 0 Å². The number of hydrogen-bond donors (Lipinski definition) is 1. The molecule has 2 aliphatic heterocycles. The summed E-state index contributed by atoms with van der Waals surface area (Å²) in [5, 5.41) is 2.81. The molecule has 5 nitrogen and oxygen atoms in total. The van der Waals surface area contributed by atoms with E-state index in [0.717, 1.165) is 24.3 Å². The predicted octanol–water partition coefficient (Wildman–Crippen LogP) is 2.64. The molecule has 5 heteroatoms. The number of hydrogen-bond acceptors (Lipinski definition) is 2. The fourth-order valence-corrected chi connectivity index (χ4v) is 3.80. The summed E-state index contributed by atoms with van der Waals surface area (Å²) in [7, 11) is 0. The molecule has 1 aromatic carbocycles. The zero-order chi connectivity index (χ0) is 16.6. The lowest BCUT2D eigenvalue weighted by Crippen LogP contribution is -2.42. The van der Waals surface area contributed by atoms with Crippen molar-refractivity contribution in [3.05, 3.63) is 29.3 Å². The highest BCUT2D eigenvalue weighted by molar-refractivity contribution is 5.98. The lowest BCUT2D eigenvalue weighted by Gasteiger charge is -2.35. The number of likely N-dealkylation sites (tertiary alicyclic amines) is 1. The van der Waals surface area contributed by atoms with Crippen molar-refractivity contribution in [1.82, 2.24) is 10.2 Å². The Morgan fingerprint density at radius 3 is 2.48 bits per heavy atom. The van der Waals surface area contributed by atoms with Gasteiger partial charge >= 0.3 is 6.03 Å². The summed E-state index contributed by atoms with van der Waals surface area (Å²) in [4.78, 5) is 28.3. The third kappa shape index (κ3) is 3.19. The monoisotopic (exact) mass is 315 g/mol. The van der Waals surface area contributed by atoms with Crippen molar-refractivity contribution in [3.63, 3.8) is 0 Å². The van der Waals surface area contributed by atoms with Gasteiger partial charge in [-0.3, -0.25) is 9.69 Å². The van der Waals surface area contributed by atoms with E-state index in [4.69, 9.17) is 0 Å². The van der Waals surface area contributed by atoms with Gasteiger partial charge in [-0.1, -0.05) is 13.8 Å². The van der Waals surface area contributed by atoms with Gasteiger partial charge in [-0.2, -0.15) is 0 Å². The molecule has 2 heterocycles. The average molecular weight is 315 g/mol. The van der Waals surface area contributed by atoms with Gasteiger partial charge in [0.1, 0.15) is 0 Å². The first-order valence-corrected chi connectivity index (χ1v) is 8.41. The van der Waals surface area contributed by atoms with Crippen molar-refractivity contribution in [1.29, 1.82) is 0 Å². The van der Waals surface area contributed by atoms with Gasteiger partial charge in [-0.05, 0) is 48.9 Å². The van der Waals surface area contributed by atoms with E-state index in [-0.39, 0.29) is 11.9 Å².